The van der Waals surface area contributed by atoms with Gasteiger partial charge in [-0.25, -0.2) is 8.42 Å². The minimum absolute atomic E-state index is 0.109. The second kappa shape index (κ2) is 7.36. The summed E-state index contributed by atoms with van der Waals surface area (Å²) in [5, 5.41) is 9.68. The molecule has 0 aliphatic heterocycles. The number of sulfonamides is 1. The van der Waals surface area contributed by atoms with Crippen molar-refractivity contribution >= 4 is 27.3 Å². The van der Waals surface area contributed by atoms with Gasteiger partial charge in [-0.15, -0.1) is 0 Å². The van der Waals surface area contributed by atoms with Crippen LogP contribution in [-0.2, 0) is 10.0 Å². The van der Waals surface area contributed by atoms with Gasteiger partial charge in [-0.3, -0.25) is 14.6 Å². The molecule has 2 aromatic carbocycles. The number of nitrogens with one attached hydrogen (secondary N) is 3. The number of aromatic nitrogens is 2. The molecule has 0 unspecified atom stereocenters. The molecule has 29 heavy (non-hydrogen) atoms. The Kier molecular flexibility index (Phi) is 4.87. The first kappa shape index (κ1) is 19.2. The highest BCUT2D eigenvalue weighted by atomic mass is 32.2. The number of aromatic amines is 1. The van der Waals surface area contributed by atoms with Crippen molar-refractivity contribution in [1.82, 2.24) is 10.2 Å². The van der Waals surface area contributed by atoms with Crippen molar-refractivity contribution in [2.24, 2.45) is 0 Å². The number of carbonyl (C=O) groups excluding carboxylic acids is 1. The fourth-order valence-corrected chi connectivity index (χ4v) is 4.46. The highest BCUT2D eigenvalue weighted by Gasteiger charge is 2.26. The van der Waals surface area contributed by atoms with Crippen LogP contribution in [0, 0.1) is 13.8 Å². The van der Waals surface area contributed by atoms with Gasteiger partial charge in [0.25, 0.3) is 15.9 Å². The van der Waals surface area contributed by atoms with E-state index in [1.54, 1.807) is 43.3 Å². The Bertz CT molecular complexity index is 1180. The second-order valence-corrected chi connectivity index (χ2v) is 9.04. The van der Waals surface area contributed by atoms with Crippen LogP contribution in [0.25, 0.3) is 0 Å². The van der Waals surface area contributed by atoms with Crippen molar-refractivity contribution in [3.8, 4) is 0 Å². The summed E-state index contributed by atoms with van der Waals surface area (Å²) >= 11 is 0. The molecule has 0 spiro atoms. The lowest BCUT2D eigenvalue weighted by Gasteiger charge is -2.13. The third-order valence-corrected chi connectivity index (χ3v) is 6.38. The van der Waals surface area contributed by atoms with Crippen LogP contribution in [-0.4, -0.2) is 24.5 Å². The molecule has 7 nitrogen and oxygen atoms in total. The molecule has 0 radical (unpaired) electrons. The molecule has 1 aliphatic carbocycles. The molecule has 3 N–H and O–H groups in total. The van der Waals surface area contributed by atoms with Gasteiger partial charge >= 0.3 is 0 Å². The summed E-state index contributed by atoms with van der Waals surface area (Å²) in [6, 6.07) is 13.7. The molecule has 1 saturated carbocycles. The fraction of sp³-hybridized carbons (Fsp3) is 0.238. The predicted molar refractivity (Wildman–Crippen MR) is 112 cm³/mol. The van der Waals surface area contributed by atoms with Gasteiger partial charge in [-0.2, -0.15) is 5.10 Å². The fourth-order valence-electron chi connectivity index (χ4n) is 3.14. The molecule has 0 atom stereocenters. The molecule has 1 heterocycles. The Hall–Kier alpha value is -3.13. The van der Waals surface area contributed by atoms with Crippen LogP contribution in [0.15, 0.2) is 53.4 Å². The van der Waals surface area contributed by atoms with Crippen LogP contribution in [0.1, 0.15) is 46.1 Å². The topological polar surface area (TPSA) is 104 Å². The Morgan fingerprint density at radius 1 is 1.07 bits per heavy atom. The summed E-state index contributed by atoms with van der Waals surface area (Å²) in [6.45, 7) is 3.61. The first-order chi connectivity index (χ1) is 13.8. The van der Waals surface area contributed by atoms with Gasteiger partial charge < -0.3 is 5.32 Å². The van der Waals surface area contributed by atoms with Crippen LogP contribution in [0.5, 0.6) is 0 Å². The van der Waals surface area contributed by atoms with Crippen LogP contribution in [0.3, 0.4) is 0 Å². The number of anilines is 2. The summed E-state index contributed by atoms with van der Waals surface area (Å²) in [5.41, 5.74) is 3.66. The molecule has 3 aromatic rings. The van der Waals surface area contributed by atoms with E-state index in [-0.39, 0.29) is 16.5 Å². The second-order valence-electron chi connectivity index (χ2n) is 7.39. The number of amides is 1. The summed E-state index contributed by atoms with van der Waals surface area (Å²) in [4.78, 5) is 12.6. The molecule has 0 saturated heterocycles. The van der Waals surface area contributed by atoms with E-state index in [9.17, 15) is 13.2 Å². The number of nitrogens with zero attached hydrogens (tertiary/aromatic N) is 1. The molecule has 1 aliphatic rings. The van der Waals surface area contributed by atoms with Gasteiger partial charge in [0.1, 0.15) is 0 Å². The van der Waals surface area contributed by atoms with Gasteiger partial charge in [0.15, 0.2) is 5.69 Å². The molecule has 0 bridgehead atoms. The van der Waals surface area contributed by atoms with Crippen molar-refractivity contribution in [2.75, 3.05) is 10.0 Å². The van der Waals surface area contributed by atoms with Crippen molar-refractivity contribution in [3.63, 3.8) is 0 Å². The zero-order valence-corrected chi connectivity index (χ0v) is 17.0. The standard InChI is InChI=1S/C21H22N4O3S/c1-13-4-3-5-17(10-13)25-29(27,28)20-11-16(9-6-14(20)2)22-21(26)19-12-18(23-24-19)15-7-8-15/h3-6,9-12,15,25H,7-8H2,1-2H3,(H,22,26)(H,23,24). The first-order valence-corrected chi connectivity index (χ1v) is 10.9. The summed E-state index contributed by atoms with van der Waals surface area (Å²) in [5.74, 6) is 0.0832. The number of benzene rings is 2. The summed E-state index contributed by atoms with van der Waals surface area (Å²) < 4.78 is 28.4. The van der Waals surface area contributed by atoms with Gasteiger partial charge in [0, 0.05) is 23.0 Å². The lowest BCUT2D eigenvalue weighted by atomic mass is 10.2. The quantitative estimate of drug-likeness (QED) is 0.572. The third kappa shape index (κ3) is 4.32. The lowest BCUT2D eigenvalue weighted by Crippen LogP contribution is -2.16. The number of rotatable bonds is 6. The maximum absolute atomic E-state index is 12.9. The van der Waals surface area contributed by atoms with Gasteiger partial charge in [-0.05, 0) is 68.1 Å². The maximum atomic E-state index is 12.9. The van der Waals surface area contributed by atoms with E-state index in [0.717, 1.165) is 24.1 Å². The number of hydrogen-bond acceptors (Lipinski definition) is 4. The molecule has 4 rings (SSSR count). The average Bonchev–Trinajstić information content (AvgIpc) is 3.39. The zero-order valence-electron chi connectivity index (χ0n) is 16.2. The molecule has 1 fully saturated rings. The highest BCUT2D eigenvalue weighted by molar-refractivity contribution is 7.92. The number of carbonyl (C=O) groups is 1. The molecular formula is C21H22N4O3S. The van der Waals surface area contributed by atoms with Crippen LogP contribution in [0.4, 0.5) is 11.4 Å². The van der Waals surface area contributed by atoms with Crippen LogP contribution >= 0.6 is 0 Å². The monoisotopic (exact) mass is 410 g/mol. The van der Waals surface area contributed by atoms with Crippen molar-refractivity contribution in [1.29, 1.82) is 0 Å². The Morgan fingerprint density at radius 2 is 1.86 bits per heavy atom. The number of aryl methyl sites for hydroxylation is 2. The van der Waals surface area contributed by atoms with E-state index in [1.165, 1.54) is 6.07 Å². The smallest absolute Gasteiger partial charge is 0.276 e. The average molecular weight is 410 g/mol. The van der Waals surface area contributed by atoms with Crippen molar-refractivity contribution < 1.29 is 13.2 Å². The maximum Gasteiger partial charge on any atom is 0.276 e. The van der Waals surface area contributed by atoms with Gasteiger partial charge in [-0.1, -0.05) is 18.2 Å². The minimum Gasteiger partial charge on any atom is -0.321 e. The van der Waals surface area contributed by atoms with E-state index in [1.807, 2.05) is 13.0 Å². The van der Waals surface area contributed by atoms with E-state index >= 15 is 0 Å². The number of H-pyrrole nitrogens is 1. The number of hydrogen-bond donors (Lipinski definition) is 3. The van der Waals surface area contributed by atoms with Crippen LogP contribution in [0.2, 0.25) is 0 Å². The Labute approximate surface area is 169 Å². The van der Waals surface area contributed by atoms with Crippen LogP contribution < -0.4 is 10.0 Å². The van der Waals surface area contributed by atoms with Gasteiger partial charge in [0.2, 0.25) is 0 Å². The molecule has 1 aromatic heterocycles. The highest BCUT2D eigenvalue weighted by Crippen LogP contribution is 2.39. The van der Waals surface area contributed by atoms with Crippen molar-refractivity contribution in [2.45, 2.75) is 37.5 Å². The molecule has 8 heteroatoms. The first-order valence-electron chi connectivity index (χ1n) is 9.38. The SMILES string of the molecule is Cc1cccc(NS(=O)(=O)c2cc(NC(=O)c3cc(C4CC4)[nH]n3)ccc2C)c1. The summed E-state index contributed by atoms with van der Waals surface area (Å²) in [6.07, 6.45) is 2.22. The van der Waals surface area contributed by atoms with E-state index in [2.05, 4.69) is 20.2 Å². The molecule has 1 amide bonds. The Morgan fingerprint density at radius 3 is 2.59 bits per heavy atom. The van der Waals surface area contributed by atoms with Gasteiger partial charge in [0.05, 0.1) is 4.90 Å². The lowest BCUT2D eigenvalue weighted by molar-refractivity contribution is 0.102. The van der Waals surface area contributed by atoms with E-state index in [0.29, 0.717) is 22.9 Å². The largest absolute Gasteiger partial charge is 0.321 e. The molecular weight excluding hydrogens is 388 g/mol. The summed E-state index contributed by atoms with van der Waals surface area (Å²) in [7, 11) is -3.81. The Balaban J connectivity index is 1.55. The normalized spacial score (nSPS) is 13.9. The van der Waals surface area contributed by atoms with Crippen molar-refractivity contribution in [3.05, 3.63) is 71.0 Å². The zero-order chi connectivity index (χ0) is 20.6. The third-order valence-electron chi connectivity index (χ3n) is 4.85. The molecule has 150 valence electrons. The van der Waals surface area contributed by atoms with E-state index in [4.69, 9.17) is 0 Å². The predicted octanol–water partition coefficient (Wildman–Crippen LogP) is 3.96. The van der Waals surface area contributed by atoms with E-state index < -0.39 is 10.0 Å². The minimum atomic E-state index is -3.81.